The normalized spacial score (nSPS) is 11.8. The molecule has 1 N–H and O–H groups in total. The Balaban J connectivity index is 1.83. The SMILES string of the molecule is CCCCS(=O)(=O)NCCc1nc(-c2cccs2)no1. The molecule has 0 spiro atoms. The molecule has 0 unspecified atom stereocenters. The number of nitrogens with one attached hydrogen (secondary N) is 1. The predicted octanol–water partition coefficient (Wildman–Crippen LogP) is 2.06. The molecule has 0 fully saturated rings. The molecule has 0 saturated carbocycles. The topological polar surface area (TPSA) is 85.1 Å². The molecule has 0 aliphatic carbocycles. The quantitative estimate of drug-likeness (QED) is 0.806. The van der Waals surface area contributed by atoms with Gasteiger partial charge < -0.3 is 4.52 Å². The van der Waals surface area contributed by atoms with E-state index in [1.54, 1.807) is 0 Å². The van der Waals surface area contributed by atoms with E-state index in [0.29, 0.717) is 24.6 Å². The Labute approximate surface area is 122 Å². The molecule has 2 heterocycles. The van der Waals surface area contributed by atoms with Crippen molar-refractivity contribution >= 4 is 21.4 Å². The maximum absolute atomic E-state index is 11.6. The monoisotopic (exact) mass is 315 g/mol. The highest BCUT2D eigenvalue weighted by Crippen LogP contribution is 2.21. The lowest BCUT2D eigenvalue weighted by molar-refractivity contribution is 0.379. The molecule has 6 nitrogen and oxygen atoms in total. The van der Waals surface area contributed by atoms with Crippen molar-refractivity contribution in [1.29, 1.82) is 0 Å². The second-order valence-corrected chi connectivity index (χ2v) is 7.18. The van der Waals surface area contributed by atoms with Crippen molar-refractivity contribution in [2.75, 3.05) is 12.3 Å². The summed E-state index contributed by atoms with van der Waals surface area (Å²) in [5.74, 6) is 1.14. The lowest BCUT2D eigenvalue weighted by Gasteiger charge is -2.03. The number of nitrogens with zero attached hydrogens (tertiary/aromatic N) is 2. The van der Waals surface area contributed by atoms with E-state index in [1.807, 2.05) is 24.4 Å². The first-order chi connectivity index (χ1) is 9.61. The summed E-state index contributed by atoms with van der Waals surface area (Å²) in [7, 11) is -3.19. The molecule has 2 rings (SSSR count). The molecule has 20 heavy (non-hydrogen) atoms. The summed E-state index contributed by atoms with van der Waals surface area (Å²) < 4.78 is 30.8. The van der Waals surface area contributed by atoms with Crippen LogP contribution in [-0.4, -0.2) is 30.9 Å². The van der Waals surface area contributed by atoms with Gasteiger partial charge in [-0.05, 0) is 17.9 Å². The first-order valence-corrected chi connectivity index (χ1v) is 8.97. The Morgan fingerprint density at radius 3 is 3.00 bits per heavy atom. The van der Waals surface area contributed by atoms with Crippen molar-refractivity contribution in [3.05, 3.63) is 23.4 Å². The molecule has 2 aromatic rings. The van der Waals surface area contributed by atoms with Gasteiger partial charge in [-0.25, -0.2) is 13.1 Å². The molecule has 0 radical (unpaired) electrons. The minimum Gasteiger partial charge on any atom is -0.339 e. The van der Waals surface area contributed by atoms with Crippen molar-refractivity contribution in [1.82, 2.24) is 14.9 Å². The molecular weight excluding hydrogens is 298 g/mol. The van der Waals surface area contributed by atoms with Crippen LogP contribution in [0.15, 0.2) is 22.0 Å². The highest BCUT2D eigenvalue weighted by atomic mass is 32.2. The number of unbranched alkanes of at least 4 members (excludes halogenated alkanes) is 1. The van der Waals surface area contributed by atoms with Crippen LogP contribution in [0.3, 0.4) is 0 Å². The van der Waals surface area contributed by atoms with E-state index in [2.05, 4.69) is 14.9 Å². The molecule has 0 saturated heterocycles. The number of aromatic nitrogens is 2. The standard InChI is InChI=1S/C12H17N3O3S2/c1-2-3-9-20(16,17)13-7-6-11-14-12(15-18-11)10-5-4-8-19-10/h4-5,8,13H,2-3,6-7,9H2,1H3. The smallest absolute Gasteiger partial charge is 0.228 e. The Kier molecular flexibility index (Phi) is 5.27. The van der Waals surface area contributed by atoms with Gasteiger partial charge in [0.25, 0.3) is 0 Å². The van der Waals surface area contributed by atoms with Crippen LogP contribution < -0.4 is 4.72 Å². The zero-order valence-corrected chi connectivity index (χ0v) is 12.8. The third-order valence-electron chi connectivity index (χ3n) is 2.64. The Morgan fingerprint density at radius 2 is 2.30 bits per heavy atom. The van der Waals surface area contributed by atoms with E-state index < -0.39 is 10.0 Å². The van der Waals surface area contributed by atoms with Gasteiger partial charge in [0.15, 0.2) is 0 Å². The predicted molar refractivity (Wildman–Crippen MR) is 78.0 cm³/mol. The van der Waals surface area contributed by atoms with Crippen LogP contribution in [0.2, 0.25) is 0 Å². The highest BCUT2D eigenvalue weighted by molar-refractivity contribution is 7.89. The van der Waals surface area contributed by atoms with Gasteiger partial charge in [-0.1, -0.05) is 24.6 Å². The fourth-order valence-corrected chi connectivity index (χ4v) is 3.46. The second-order valence-electron chi connectivity index (χ2n) is 4.31. The van der Waals surface area contributed by atoms with E-state index in [9.17, 15) is 8.42 Å². The lowest BCUT2D eigenvalue weighted by Crippen LogP contribution is -2.28. The third-order valence-corrected chi connectivity index (χ3v) is 4.97. The first-order valence-electron chi connectivity index (χ1n) is 6.44. The zero-order chi connectivity index (χ0) is 14.4. The molecule has 0 aliphatic rings. The summed E-state index contributed by atoms with van der Waals surface area (Å²) in [6, 6.07) is 3.82. The van der Waals surface area contributed by atoms with Crippen LogP contribution in [-0.2, 0) is 16.4 Å². The Morgan fingerprint density at radius 1 is 1.45 bits per heavy atom. The van der Waals surface area contributed by atoms with E-state index in [-0.39, 0.29) is 12.3 Å². The minimum absolute atomic E-state index is 0.160. The van der Waals surface area contributed by atoms with E-state index in [4.69, 9.17) is 4.52 Å². The fourth-order valence-electron chi connectivity index (χ4n) is 1.58. The first kappa shape index (κ1) is 15.1. The van der Waals surface area contributed by atoms with Crippen molar-refractivity contribution in [3.63, 3.8) is 0 Å². The maximum Gasteiger partial charge on any atom is 0.228 e. The summed E-state index contributed by atoms with van der Waals surface area (Å²) >= 11 is 1.53. The highest BCUT2D eigenvalue weighted by Gasteiger charge is 2.12. The number of thiophene rings is 1. The molecule has 110 valence electrons. The number of rotatable bonds is 8. The maximum atomic E-state index is 11.6. The molecule has 0 aliphatic heterocycles. The molecule has 0 aromatic carbocycles. The zero-order valence-electron chi connectivity index (χ0n) is 11.2. The molecule has 0 atom stereocenters. The van der Waals surface area contributed by atoms with Gasteiger partial charge in [0, 0.05) is 13.0 Å². The van der Waals surface area contributed by atoms with Gasteiger partial charge in [0.2, 0.25) is 21.7 Å². The Bertz CT molecular complexity index is 620. The fraction of sp³-hybridized carbons (Fsp3) is 0.500. The summed E-state index contributed by atoms with van der Waals surface area (Å²) in [6.45, 7) is 2.23. The molecule has 0 amide bonds. The van der Waals surface area contributed by atoms with Gasteiger partial charge in [-0.3, -0.25) is 0 Å². The van der Waals surface area contributed by atoms with E-state index in [0.717, 1.165) is 11.3 Å². The minimum atomic E-state index is -3.19. The Hall–Kier alpha value is -1.25. The van der Waals surface area contributed by atoms with Crippen molar-refractivity contribution in [3.8, 4) is 10.7 Å². The average molecular weight is 315 g/mol. The van der Waals surface area contributed by atoms with Crippen LogP contribution in [0, 0.1) is 0 Å². The van der Waals surface area contributed by atoms with Gasteiger partial charge in [0.05, 0.1) is 10.6 Å². The van der Waals surface area contributed by atoms with Crippen LogP contribution in [0.1, 0.15) is 25.7 Å². The van der Waals surface area contributed by atoms with Crippen molar-refractivity contribution in [2.45, 2.75) is 26.2 Å². The molecular formula is C12H17N3O3S2. The van der Waals surface area contributed by atoms with Crippen molar-refractivity contribution < 1.29 is 12.9 Å². The van der Waals surface area contributed by atoms with Gasteiger partial charge in [0.1, 0.15) is 0 Å². The summed E-state index contributed by atoms with van der Waals surface area (Å²) in [5, 5.41) is 5.81. The third kappa shape index (κ3) is 4.39. The molecule has 8 heteroatoms. The number of sulfonamides is 1. The largest absolute Gasteiger partial charge is 0.339 e. The summed E-state index contributed by atoms with van der Waals surface area (Å²) in [4.78, 5) is 5.17. The lowest BCUT2D eigenvalue weighted by atomic mass is 10.4. The van der Waals surface area contributed by atoms with Crippen LogP contribution in [0.25, 0.3) is 10.7 Å². The van der Waals surface area contributed by atoms with E-state index in [1.165, 1.54) is 11.3 Å². The van der Waals surface area contributed by atoms with Crippen molar-refractivity contribution in [2.24, 2.45) is 0 Å². The van der Waals surface area contributed by atoms with Gasteiger partial charge >= 0.3 is 0 Å². The van der Waals surface area contributed by atoms with Crippen LogP contribution >= 0.6 is 11.3 Å². The van der Waals surface area contributed by atoms with Crippen LogP contribution in [0.5, 0.6) is 0 Å². The number of hydrogen-bond donors (Lipinski definition) is 1. The summed E-state index contributed by atoms with van der Waals surface area (Å²) in [6.07, 6.45) is 1.91. The summed E-state index contributed by atoms with van der Waals surface area (Å²) in [5.41, 5.74) is 0. The van der Waals surface area contributed by atoms with Gasteiger partial charge in [-0.15, -0.1) is 11.3 Å². The second kappa shape index (κ2) is 6.96. The van der Waals surface area contributed by atoms with E-state index >= 15 is 0 Å². The molecule has 0 bridgehead atoms. The average Bonchev–Trinajstić information content (AvgIpc) is 3.06. The van der Waals surface area contributed by atoms with Crippen LogP contribution in [0.4, 0.5) is 0 Å². The molecule has 2 aromatic heterocycles. The van der Waals surface area contributed by atoms with Gasteiger partial charge in [-0.2, -0.15) is 4.98 Å². The number of hydrogen-bond acceptors (Lipinski definition) is 6.